The lowest BCUT2D eigenvalue weighted by atomic mass is 9.82. The van der Waals surface area contributed by atoms with Crippen LogP contribution in [0, 0.1) is 0 Å². The molecule has 1 fully saturated rings. The van der Waals surface area contributed by atoms with Crippen LogP contribution in [0.25, 0.3) is 0 Å². The summed E-state index contributed by atoms with van der Waals surface area (Å²) < 4.78 is 0. The molecule has 18 heavy (non-hydrogen) atoms. The summed E-state index contributed by atoms with van der Waals surface area (Å²) in [6, 6.07) is 6.63. The summed E-state index contributed by atoms with van der Waals surface area (Å²) in [7, 11) is 2.20. The Kier molecular flexibility index (Phi) is 4.03. The van der Waals surface area contributed by atoms with Crippen molar-refractivity contribution in [2.75, 3.05) is 20.1 Å². The summed E-state index contributed by atoms with van der Waals surface area (Å²) in [5.41, 5.74) is 2.95. The van der Waals surface area contributed by atoms with Gasteiger partial charge in [-0.05, 0) is 67.6 Å². The van der Waals surface area contributed by atoms with E-state index in [1.54, 1.807) is 0 Å². The molecular weight excluding hydrogens is 242 g/mol. The number of piperidine rings is 1. The Morgan fingerprint density at radius 2 is 1.72 bits per heavy atom. The van der Waals surface area contributed by atoms with E-state index in [1.807, 2.05) is 0 Å². The van der Waals surface area contributed by atoms with Crippen LogP contribution in [-0.2, 0) is 5.41 Å². The summed E-state index contributed by atoms with van der Waals surface area (Å²) in [6.07, 6.45) is 2.50. The molecule has 0 atom stereocenters. The molecule has 0 saturated carbocycles. The van der Waals surface area contributed by atoms with Gasteiger partial charge in [-0.3, -0.25) is 0 Å². The predicted octanol–water partition coefficient (Wildman–Crippen LogP) is 4.45. The fraction of sp³-hybridized carbons (Fsp3) is 0.625. The minimum Gasteiger partial charge on any atom is -0.306 e. The first-order chi connectivity index (χ1) is 8.36. The van der Waals surface area contributed by atoms with E-state index in [2.05, 4.69) is 50.9 Å². The van der Waals surface area contributed by atoms with Crippen molar-refractivity contribution in [3.05, 3.63) is 34.3 Å². The zero-order chi connectivity index (χ0) is 13.3. The Balaban J connectivity index is 2.25. The third-order valence-electron chi connectivity index (χ3n) is 3.98. The van der Waals surface area contributed by atoms with Gasteiger partial charge in [-0.1, -0.05) is 38.4 Å². The highest BCUT2D eigenvalue weighted by atomic mass is 35.5. The van der Waals surface area contributed by atoms with Gasteiger partial charge in [-0.25, -0.2) is 0 Å². The molecule has 1 aliphatic rings. The Labute approximate surface area is 116 Å². The highest BCUT2D eigenvalue weighted by molar-refractivity contribution is 6.30. The monoisotopic (exact) mass is 265 g/mol. The Hall–Kier alpha value is -0.530. The Morgan fingerprint density at radius 3 is 2.28 bits per heavy atom. The van der Waals surface area contributed by atoms with Gasteiger partial charge in [0.1, 0.15) is 0 Å². The summed E-state index contributed by atoms with van der Waals surface area (Å²) in [4.78, 5) is 2.41. The molecule has 0 aliphatic carbocycles. The number of hydrogen-bond acceptors (Lipinski definition) is 1. The van der Waals surface area contributed by atoms with Crippen molar-refractivity contribution < 1.29 is 0 Å². The van der Waals surface area contributed by atoms with E-state index in [9.17, 15) is 0 Å². The maximum atomic E-state index is 6.29. The number of hydrogen-bond donors (Lipinski definition) is 0. The van der Waals surface area contributed by atoms with Crippen molar-refractivity contribution in [2.24, 2.45) is 0 Å². The molecule has 1 aromatic rings. The fourth-order valence-electron chi connectivity index (χ4n) is 2.62. The van der Waals surface area contributed by atoms with Crippen LogP contribution >= 0.6 is 11.6 Å². The zero-order valence-electron chi connectivity index (χ0n) is 12.0. The van der Waals surface area contributed by atoms with Gasteiger partial charge in [0.25, 0.3) is 0 Å². The molecule has 1 nitrogen and oxygen atoms in total. The maximum absolute atomic E-state index is 6.29. The molecule has 100 valence electrons. The minimum absolute atomic E-state index is 0.172. The van der Waals surface area contributed by atoms with Gasteiger partial charge in [0, 0.05) is 5.02 Å². The Bertz CT molecular complexity index is 412. The van der Waals surface area contributed by atoms with Gasteiger partial charge in [-0.15, -0.1) is 0 Å². The average molecular weight is 266 g/mol. The average Bonchev–Trinajstić information content (AvgIpc) is 2.28. The second kappa shape index (κ2) is 5.22. The summed E-state index contributed by atoms with van der Waals surface area (Å²) in [5.74, 6) is 0.681. The van der Waals surface area contributed by atoms with Crippen molar-refractivity contribution in [3.8, 4) is 0 Å². The van der Waals surface area contributed by atoms with E-state index in [0.717, 1.165) is 5.02 Å². The van der Waals surface area contributed by atoms with Crippen LogP contribution in [-0.4, -0.2) is 25.0 Å². The summed E-state index contributed by atoms with van der Waals surface area (Å²) >= 11 is 6.29. The van der Waals surface area contributed by atoms with Crippen LogP contribution in [0.1, 0.15) is 50.7 Å². The first-order valence-electron chi connectivity index (χ1n) is 6.86. The molecule has 2 rings (SSSR count). The SMILES string of the molecule is CN1CCC(c2cc(Cl)cc(C(C)(C)C)c2)CC1. The highest BCUT2D eigenvalue weighted by Gasteiger charge is 2.21. The standard InChI is InChI=1S/C16H24ClN/c1-16(2,3)14-9-13(10-15(17)11-14)12-5-7-18(4)8-6-12/h9-12H,5-8H2,1-4H3. The molecule has 1 heterocycles. The van der Waals surface area contributed by atoms with E-state index in [0.29, 0.717) is 5.92 Å². The second-order valence-electron chi connectivity index (χ2n) is 6.60. The van der Waals surface area contributed by atoms with E-state index >= 15 is 0 Å². The second-order valence-corrected chi connectivity index (χ2v) is 7.04. The van der Waals surface area contributed by atoms with E-state index in [1.165, 1.54) is 37.1 Å². The van der Waals surface area contributed by atoms with E-state index in [-0.39, 0.29) is 5.41 Å². The minimum atomic E-state index is 0.172. The topological polar surface area (TPSA) is 3.24 Å². The first-order valence-corrected chi connectivity index (χ1v) is 7.23. The molecule has 0 unspecified atom stereocenters. The van der Waals surface area contributed by atoms with Crippen LogP contribution in [0.5, 0.6) is 0 Å². The lowest BCUT2D eigenvalue weighted by Crippen LogP contribution is -2.29. The molecule has 0 radical (unpaired) electrons. The number of halogens is 1. The van der Waals surface area contributed by atoms with Gasteiger partial charge in [0.05, 0.1) is 0 Å². The van der Waals surface area contributed by atoms with Crippen molar-refractivity contribution in [3.63, 3.8) is 0 Å². The van der Waals surface area contributed by atoms with Gasteiger partial charge in [0.15, 0.2) is 0 Å². The molecule has 0 spiro atoms. The van der Waals surface area contributed by atoms with Crippen molar-refractivity contribution in [2.45, 2.75) is 44.9 Å². The summed E-state index contributed by atoms with van der Waals surface area (Å²) in [6.45, 7) is 9.13. The largest absolute Gasteiger partial charge is 0.306 e. The highest BCUT2D eigenvalue weighted by Crippen LogP contribution is 2.33. The third-order valence-corrected chi connectivity index (χ3v) is 4.19. The van der Waals surface area contributed by atoms with Gasteiger partial charge in [-0.2, -0.15) is 0 Å². The van der Waals surface area contributed by atoms with Crippen molar-refractivity contribution in [1.29, 1.82) is 0 Å². The van der Waals surface area contributed by atoms with Crippen LogP contribution in [0.2, 0.25) is 5.02 Å². The predicted molar refractivity (Wildman–Crippen MR) is 79.6 cm³/mol. The van der Waals surface area contributed by atoms with Gasteiger partial charge in [0.2, 0.25) is 0 Å². The van der Waals surface area contributed by atoms with Crippen molar-refractivity contribution in [1.82, 2.24) is 4.90 Å². The molecule has 1 aromatic carbocycles. The zero-order valence-corrected chi connectivity index (χ0v) is 12.7. The van der Waals surface area contributed by atoms with Gasteiger partial charge < -0.3 is 4.90 Å². The lowest BCUT2D eigenvalue weighted by Gasteiger charge is -2.30. The van der Waals surface area contributed by atoms with Crippen LogP contribution in [0.15, 0.2) is 18.2 Å². The fourth-order valence-corrected chi connectivity index (χ4v) is 2.87. The maximum Gasteiger partial charge on any atom is 0.0411 e. The van der Waals surface area contributed by atoms with Crippen LogP contribution in [0.3, 0.4) is 0 Å². The normalized spacial score (nSPS) is 19.2. The van der Waals surface area contributed by atoms with E-state index < -0.39 is 0 Å². The summed E-state index contributed by atoms with van der Waals surface area (Å²) in [5, 5.41) is 0.886. The van der Waals surface area contributed by atoms with Crippen molar-refractivity contribution >= 4 is 11.6 Å². The first kappa shape index (κ1) is 13.9. The molecule has 0 bridgehead atoms. The Morgan fingerprint density at radius 1 is 1.11 bits per heavy atom. The lowest BCUT2D eigenvalue weighted by molar-refractivity contribution is 0.255. The molecule has 1 saturated heterocycles. The molecule has 0 aromatic heterocycles. The number of rotatable bonds is 1. The molecular formula is C16H24ClN. The smallest absolute Gasteiger partial charge is 0.0411 e. The molecule has 0 N–H and O–H groups in total. The number of nitrogens with zero attached hydrogens (tertiary/aromatic N) is 1. The molecule has 2 heteroatoms. The number of likely N-dealkylation sites (tertiary alicyclic amines) is 1. The van der Waals surface area contributed by atoms with E-state index in [4.69, 9.17) is 11.6 Å². The quantitative estimate of drug-likeness (QED) is 0.725. The van der Waals surface area contributed by atoms with Gasteiger partial charge >= 0.3 is 0 Å². The van der Waals surface area contributed by atoms with Crippen LogP contribution in [0.4, 0.5) is 0 Å². The molecule has 1 aliphatic heterocycles. The molecule has 0 amide bonds. The number of benzene rings is 1. The third kappa shape index (κ3) is 3.27. The van der Waals surface area contributed by atoms with Crippen LogP contribution < -0.4 is 0 Å².